The predicted octanol–water partition coefficient (Wildman–Crippen LogP) is 4.46. The van der Waals surface area contributed by atoms with E-state index in [-0.39, 0.29) is 0 Å². The number of halogens is 1. The van der Waals surface area contributed by atoms with Gasteiger partial charge in [0.15, 0.2) is 0 Å². The minimum atomic E-state index is 0.362. The van der Waals surface area contributed by atoms with E-state index in [1.54, 1.807) is 0 Å². The maximum absolute atomic E-state index is 4.71. The zero-order chi connectivity index (χ0) is 14.7. The van der Waals surface area contributed by atoms with Crippen molar-refractivity contribution in [3.05, 3.63) is 63.0 Å². The summed E-state index contributed by atoms with van der Waals surface area (Å²) in [5.41, 5.74) is 4.11. The quantitative estimate of drug-likeness (QED) is 0.778. The Morgan fingerprint density at radius 1 is 1.29 bits per heavy atom. The molecule has 1 aromatic carbocycles. The molecule has 1 N–H and O–H groups in total. The molecule has 21 heavy (non-hydrogen) atoms. The van der Waals surface area contributed by atoms with Gasteiger partial charge in [0.2, 0.25) is 0 Å². The van der Waals surface area contributed by atoms with Crippen molar-refractivity contribution in [1.29, 1.82) is 0 Å². The van der Waals surface area contributed by atoms with Gasteiger partial charge in [-0.05, 0) is 77.7 Å². The molecule has 1 aliphatic carbocycles. The maximum Gasteiger partial charge on any atom is 0.0485 e. The van der Waals surface area contributed by atoms with E-state index < -0.39 is 0 Å². The zero-order valence-electron chi connectivity index (χ0n) is 12.3. The molecule has 1 aromatic heterocycles. The van der Waals surface area contributed by atoms with E-state index in [0.29, 0.717) is 12.0 Å². The Hall–Kier alpha value is -0.940. The number of hydrogen-bond donors (Lipinski definition) is 1. The Kier molecular flexibility index (Phi) is 4.91. The highest BCUT2D eigenvalue weighted by molar-refractivity contribution is 14.1. The first kappa shape index (κ1) is 15.0. The van der Waals surface area contributed by atoms with Gasteiger partial charge in [-0.2, -0.15) is 0 Å². The van der Waals surface area contributed by atoms with Gasteiger partial charge in [-0.15, -0.1) is 0 Å². The highest BCUT2D eigenvalue weighted by Crippen LogP contribution is 2.39. The van der Waals surface area contributed by atoms with Gasteiger partial charge in [0, 0.05) is 27.4 Å². The highest BCUT2D eigenvalue weighted by Gasteiger charge is 2.29. The van der Waals surface area contributed by atoms with E-state index in [9.17, 15) is 0 Å². The molecule has 2 atom stereocenters. The van der Waals surface area contributed by atoms with E-state index in [1.807, 2.05) is 6.20 Å². The molecule has 3 rings (SSSR count). The van der Waals surface area contributed by atoms with Gasteiger partial charge in [-0.3, -0.25) is 4.98 Å². The summed E-state index contributed by atoms with van der Waals surface area (Å²) >= 11 is 2.36. The predicted molar refractivity (Wildman–Crippen MR) is 95.5 cm³/mol. The van der Waals surface area contributed by atoms with E-state index >= 15 is 0 Å². The van der Waals surface area contributed by atoms with Crippen LogP contribution in [0.2, 0.25) is 0 Å². The number of pyridine rings is 1. The molecule has 2 nitrogen and oxygen atoms in total. The standard InChI is InChI=1S/C18H21IN2/c1-2-20-17(14-8-10-15(19)11-9-14)16-7-3-5-13-6-4-12-21-18(13)16/h4,6,8-12,16-17,20H,2-3,5,7H2,1H3. The lowest BCUT2D eigenvalue weighted by molar-refractivity contribution is 0.400. The van der Waals surface area contributed by atoms with Crippen LogP contribution in [0.15, 0.2) is 42.6 Å². The van der Waals surface area contributed by atoms with E-state index in [4.69, 9.17) is 4.98 Å². The van der Waals surface area contributed by atoms with Gasteiger partial charge in [0.05, 0.1) is 0 Å². The second-order valence-electron chi connectivity index (χ2n) is 5.63. The third-order valence-corrected chi connectivity index (χ3v) is 5.01. The number of aryl methyl sites for hydroxylation is 1. The van der Waals surface area contributed by atoms with E-state index in [2.05, 4.69) is 71.2 Å². The van der Waals surface area contributed by atoms with Crippen molar-refractivity contribution in [2.24, 2.45) is 0 Å². The van der Waals surface area contributed by atoms with Crippen LogP contribution in [0.4, 0.5) is 0 Å². The Morgan fingerprint density at radius 2 is 2.10 bits per heavy atom. The molecule has 0 saturated carbocycles. The number of benzene rings is 1. The van der Waals surface area contributed by atoms with Crippen LogP contribution >= 0.6 is 22.6 Å². The van der Waals surface area contributed by atoms with Crippen LogP contribution in [0.1, 0.15) is 48.5 Å². The first-order chi connectivity index (χ1) is 10.3. The van der Waals surface area contributed by atoms with Gasteiger partial charge in [-0.25, -0.2) is 0 Å². The molecule has 0 bridgehead atoms. The fraction of sp³-hybridized carbons (Fsp3) is 0.389. The molecular formula is C18H21IN2. The van der Waals surface area contributed by atoms with E-state index in [0.717, 1.165) is 6.54 Å². The van der Waals surface area contributed by atoms with Crippen LogP contribution < -0.4 is 5.32 Å². The highest BCUT2D eigenvalue weighted by atomic mass is 127. The van der Waals surface area contributed by atoms with Crippen molar-refractivity contribution in [3.63, 3.8) is 0 Å². The summed E-state index contributed by atoms with van der Waals surface area (Å²) in [6, 6.07) is 13.6. The normalized spacial score (nSPS) is 19.0. The Labute approximate surface area is 140 Å². The average Bonchev–Trinajstić information content (AvgIpc) is 2.53. The molecule has 0 radical (unpaired) electrons. The second kappa shape index (κ2) is 6.88. The smallest absolute Gasteiger partial charge is 0.0485 e. The number of fused-ring (bicyclic) bond motifs is 1. The Balaban J connectivity index is 1.96. The van der Waals surface area contributed by atoms with Crippen LogP contribution in [-0.2, 0) is 6.42 Å². The molecule has 0 amide bonds. The molecule has 3 heteroatoms. The number of nitrogens with one attached hydrogen (secondary N) is 1. The summed E-state index contributed by atoms with van der Waals surface area (Å²) < 4.78 is 1.29. The number of nitrogens with zero attached hydrogens (tertiary/aromatic N) is 1. The first-order valence-electron chi connectivity index (χ1n) is 7.72. The molecule has 0 saturated heterocycles. The van der Waals surface area contributed by atoms with Crippen LogP contribution in [0.5, 0.6) is 0 Å². The van der Waals surface area contributed by atoms with Gasteiger partial charge >= 0.3 is 0 Å². The molecule has 0 aliphatic heterocycles. The molecular weight excluding hydrogens is 371 g/mol. The van der Waals surface area contributed by atoms with Gasteiger partial charge in [-0.1, -0.05) is 25.1 Å². The summed E-state index contributed by atoms with van der Waals surface area (Å²) in [5.74, 6) is 0.481. The maximum atomic E-state index is 4.71. The number of likely N-dealkylation sites (N-methyl/N-ethyl adjacent to an activating group) is 1. The lowest BCUT2D eigenvalue weighted by Crippen LogP contribution is -2.29. The molecule has 0 fully saturated rings. The lowest BCUT2D eigenvalue weighted by Gasteiger charge is -2.32. The van der Waals surface area contributed by atoms with Crippen molar-refractivity contribution in [2.45, 2.75) is 38.1 Å². The topological polar surface area (TPSA) is 24.9 Å². The fourth-order valence-corrected chi connectivity index (χ4v) is 3.71. The lowest BCUT2D eigenvalue weighted by atomic mass is 9.79. The second-order valence-corrected chi connectivity index (χ2v) is 6.88. The van der Waals surface area contributed by atoms with Crippen LogP contribution in [0.3, 0.4) is 0 Å². The van der Waals surface area contributed by atoms with Crippen molar-refractivity contribution in [1.82, 2.24) is 10.3 Å². The number of hydrogen-bond acceptors (Lipinski definition) is 2. The molecule has 110 valence electrons. The first-order valence-corrected chi connectivity index (χ1v) is 8.80. The van der Waals surface area contributed by atoms with Crippen LogP contribution in [-0.4, -0.2) is 11.5 Å². The summed E-state index contributed by atoms with van der Waals surface area (Å²) in [6.07, 6.45) is 5.59. The molecule has 0 spiro atoms. The summed E-state index contributed by atoms with van der Waals surface area (Å²) in [6.45, 7) is 3.16. The van der Waals surface area contributed by atoms with Crippen LogP contribution in [0, 0.1) is 3.57 Å². The Morgan fingerprint density at radius 3 is 2.86 bits per heavy atom. The average molecular weight is 392 g/mol. The third kappa shape index (κ3) is 3.29. The minimum Gasteiger partial charge on any atom is -0.310 e. The largest absolute Gasteiger partial charge is 0.310 e. The van der Waals surface area contributed by atoms with Crippen LogP contribution in [0.25, 0.3) is 0 Å². The summed E-state index contributed by atoms with van der Waals surface area (Å²) in [5, 5.41) is 3.69. The zero-order valence-corrected chi connectivity index (χ0v) is 14.5. The monoisotopic (exact) mass is 392 g/mol. The van der Waals surface area contributed by atoms with Gasteiger partial charge in [0.25, 0.3) is 0 Å². The molecule has 1 heterocycles. The Bertz CT molecular complexity index is 594. The minimum absolute atomic E-state index is 0.362. The SMILES string of the molecule is CCNC(c1ccc(I)cc1)C1CCCc2cccnc21. The molecule has 2 aromatic rings. The van der Waals surface area contributed by atoms with Crippen molar-refractivity contribution in [2.75, 3.05) is 6.54 Å². The van der Waals surface area contributed by atoms with Gasteiger partial charge < -0.3 is 5.32 Å². The molecule has 1 aliphatic rings. The van der Waals surface area contributed by atoms with Crippen molar-refractivity contribution in [3.8, 4) is 0 Å². The fourth-order valence-electron chi connectivity index (χ4n) is 3.35. The number of rotatable bonds is 4. The third-order valence-electron chi connectivity index (χ3n) is 4.29. The summed E-state index contributed by atoms with van der Waals surface area (Å²) in [4.78, 5) is 4.71. The van der Waals surface area contributed by atoms with Crippen molar-refractivity contribution < 1.29 is 0 Å². The summed E-state index contributed by atoms with van der Waals surface area (Å²) in [7, 11) is 0. The molecule has 2 unspecified atom stereocenters. The van der Waals surface area contributed by atoms with E-state index in [1.165, 1.54) is 39.7 Å². The van der Waals surface area contributed by atoms with Crippen molar-refractivity contribution >= 4 is 22.6 Å². The number of aromatic nitrogens is 1. The van der Waals surface area contributed by atoms with Gasteiger partial charge in [0.1, 0.15) is 0 Å².